The topological polar surface area (TPSA) is 78.3 Å². The molecule has 0 aromatic heterocycles. The molecule has 0 atom stereocenters. The Morgan fingerprint density at radius 2 is 1.86 bits per heavy atom. The second-order valence-electron chi connectivity index (χ2n) is 4.52. The minimum atomic E-state index is -0.919. The number of allylic oxidation sites excluding steroid dienone is 2. The van der Waals surface area contributed by atoms with Crippen LogP contribution in [0.5, 0.6) is 0 Å². The maximum atomic E-state index is 13.4. The highest BCUT2D eigenvalue weighted by Gasteiger charge is 2.39. The van der Waals surface area contributed by atoms with Crippen LogP contribution in [0.3, 0.4) is 0 Å². The molecule has 22 heavy (non-hydrogen) atoms. The molecule has 1 aliphatic rings. The highest BCUT2D eigenvalue weighted by molar-refractivity contribution is 6.73. The van der Waals surface area contributed by atoms with Crippen molar-refractivity contribution in [1.82, 2.24) is 4.90 Å². The van der Waals surface area contributed by atoms with Gasteiger partial charge in [-0.25, -0.2) is 4.39 Å². The van der Waals surface area contributed by atoms with Crippen molar-refractivity contribution in [1.29, 1.82) is 5.41 Å². The van der Waals surface area contributed by atoms with E-state index in [1.54, 1.807) is 25.1 Å². The molecule has 0 saturated carbocycles. The van der Waals surface area contributed by atoms with E-state index in [2.05, 4.69) is 0 Å². The molecule has 1 fully saturated rings. The van der Waals surface area contributed by atoms with Gasteiger partial charge < -0.3 is 0 Å². The molecule has 112 valence electrons. The van der Waals surface area contributed by atoms with E-state index in [9.17, 15) is 18.8 Å². The number of piperidine rings is 1. The van der Waals surface area contributed by atoms with Crippen molar-refractivity contribution >= 4 is 29.4 Å². The van der Waals surface area contributed by atoms with Gasteiger partial charge in [-0.1, -0.05) is 30.4 Å². The van der Waals surface area contributed by atoms with Crippen LogP contribution in [-0.2, 0) is 14.4 Å². The molecule has 1 heterocycles. The lowest BCUT2D eigenvalue weighted by Gasteiger charge is -2.24. The lowest BCUT2D eigenvalue weighted by atomic mass is 9.99. The van der Waals surface area contributed by atoms with Crippen LogP contribution in [0.15, 0.2) is 42.0 Å². The van der Waals surface area contributed by atoms with Gasteiger partial charge >= 0.3 is 0 Å². The summed E-state index contributed by atoms with van der Waals surface area (Å²) in [5, 5.41) is 7.47. The molecule has 0 spiro atoms. The minimum absolute atomic E-state index is 0.0711. The van der Waals surface area contributed by atoms with Crippen molar-refractivity contribution < 1.29 is 18.8 Å². The first-order valence-electron chi connectivity index (χ1n) is 6.59. The van der Waals surface area contributed by atoms with E-state index in [0.717, 1.165) is 4.90 Å². The summed E-state index contributed by atoms with van der Waals surface area (Å²) >= 11 is 0. The largest absolute Gasteiger partial charge is 0.292 e. The fraction of sp³-hybridized carbons (Fsp3) is 0.125. The Bertz CT molecular complexity index is 735. The first-order chi connectivity index (χ1) is 10.5. The van der Waals surface area contributed by atoms with Gasteiger partial charge in [-0.2, -0.15) is 0 Å². The Kier molecular flexibility index (Phi) is 4.41. The van der Waals surface area contributed by atoms with Gasteiger partial charge in [0.15, 0.2) is 5.71 Å². The molecule has 1 aromatic rings. The van der Waals surface area contributed by atoms with Crippen molar-refractivity contribution in [3.05, 3.63) is 53.4 Å². The lowest BCUT2D eigenvalue weighted by Crippen LogP contribution is -2.51. The minimum Gasteiger partial charge on any atom is -0.292 e. The molecule has 1 aliphatic heterocycles. The highest BCUT2D eigenvalue weighted by atomic mass is 19.1. The number of benzene rings is 1. The third-order valence-electron chi connectivity index (χ3n) is 3.17. The molecular formula is C16H13FN2O3. The number of nitrogens with one attached hydrogen (secondary N) is 1. The average Bonchev–Trinajstić information content (AvgIpc) is 2.51. The number of nitrogens with zero attached hydrogens (tertiary/aromatic N) is 1. The predicted octanol–water partition coefficient (Wildman–Crippen LogP) is 1.74. The molecule has 2 amide bonds. The van der Waals surface area contributed by atoms with Gasteiger partial charge in [0.2, 0.25) is 5.78 Å². The first kappa shape index (κ1) is 15.5. The molecule has 0 unspecified atom stereocenters. The summed E-state index contributed by atoms with van der Waals surface area (Å²) in [4.78, 5) is 36.3. The molecule has 0 radical (unpaired) electrons. The van der Waals surface area contributed by atoms with Crippen molar-refractivity contribution in [3.63, 3.8) is 0 Å². The van der Waals surface area contributed by atoms with Crippen LogP contribution in [0.4, 0.5) is 4.39 Å². The number of carbonyl (C=O) groups excluding carboxylic acids is 3. The maximum absolute atomic E-state index is 13.4. The van der Waals surface area contributed by atoms with E-state index in [1.807, 2.05) is 0 Å². The van der Waals surface area contributed by atoms with E-state index in [1.165, 1.54) is 24.3 Å². The Morgan fingerprint density at radius 1 is 1.18 bits per heavy atom. The molecule has 1 N–H and O–H groups in total. The van der Waals surface area contributed by atoms with E-state index in [0.29, 0.717) is 5.56 Å². The summed E-state index contributed by atoms with van der Waals surface area (Å²) in [5.74, 6) is -2.99. The SMILES string of the molecule is CCN1C(=O)C(=N)C(=O)C(=CC=Cc2ccccc2F)C1=O. The third kappa shape index (κ3) is 2.76. The smallest absolute Gasteiger partial charge is 0.282 e. The fourth-order valence-corrected chi connectivity index (χ4v) is 1.99. The standard InChI is InChI=1S/C16H13FN2O3/c1-2-19-15(21)11(14(20)13(18)16(19)22)8-5-7-10-6-3-4-9-12(10)17/h3-9,18H,2H2,1H3. The number of hydrogen-bond donors (Lipinski definition) is 1. The number of amides is 2. The van der Waals surface area contributed by atoms with Gasteiger partial charge in [0.25, 0.3) is 11.8 Å². The molecule has 6 heteroatoms. The first-order valence-corrected chi connectivity index (χ1v) is 6.59. The summed E-state index contributed by atoms with van der Waals surface area (Å²) in [7, 11) is 0. The summed E-state index contributed by atoms with van der Waals surface area (Å²) in [6, 6.07) is 6.03. The summed E-state index contributed by atoms with van der Waals surface area (Å²) < 4.78 is 13.4. The average molecular weight is 300 g/mol. The van der Waals surface area contributed by atoms with Gasteiger partial charge in [0, 0.05) is 12.1 Å². The quantitative estimate of drug-likeness (QED) is 0.524. The van der Waals surface area contributed by atoms with Crippen LogP contribution in [0, 0.1) is 11.2 Å². The van der Waals surface area contributed by atoms with Crippen LogP contribution in [-0.4, -0.2) is 34.8 Å². The Balaban J connectivity index is 2.32. The lowest BCUT2D eigenvalue weighted by molar-refractivity contribution is -0.140. The van der Waals surface area contributed by atoms with E-state index < -0.39 is 29.1 Å². The molecule has 1 saturated heterocycles. The van der Waals surface area contributed by atoms with Crippen LogP contribution in [0.2, 0.25) is 0 Å². The van der Waals surface area contributed by atoms with Gasteiger partial charge in [-0.3, -0.25) is 24.7 Å². The zero-order valence-corrected chi connectivity index (χ0v) is 11.8. The van der Waals surface area contributed by atoms with Gasteiger partial charge in [0.05, 0.1) is 5.57 Å². The zero-order chi connectivity index (χ0) is 16.3. The van der Waals surface area contributed by atoms with Crippen molar-refractivity contribution in [2.45, 2.75) is 6.92 Å². The number of rotatable bonds is 3. The van der Waals surface area contributed by atoms with E-state index >= 15 is 0 Å². The number of likely N-dealkylation sites (N-methyl/N-ethyl adjacent to an activating group) is 1. The second-order valence-corrected chi connectivity index (χ2v) is 4.52. The fourth-order valence-electron chi connectivity index (χ4n) is 1.99. The Labute approximate surface area is 126 Å². The van der Waals surface area contributed by atoms with E-state index in [-0.39, 0.29) is 12.1 Å². The third-order valence-corrected chi connectivity index (χ3v) is 3.17. The van der Waals surface area contributed by atoms with Gasteiger partial charge in [-0.15, -0.1) is 0 Å². The molecule has 2 rings (SSSR count). The molecular weight excluding hydrogens is 287 g/mol. The monoisotopic (exact) mass is 300 g/mol. The Morgan fingerprint density at radius 3 is 2.50 bits per heavy atom. The number of Topliss-reactive ketones (excluding diaryl/α,β-unsaturated/α-hetero) is 1. The maximum Gasteiger partial charge on any atom is 0.282 e. The van der Waals surface area contributed by atoms with Crippen molar-refractivity contribution in [2.24, 2.45) is 0 Å². The van der Waals surface area contributed by atoms with E-state index in [4.69, 9.17) is 5.41 Å². The van der Waals surface area contributed by atoms with Gasteiger partial charge in [0.1, 0.15) is 5.82 Å². The van der Waals surface area contributed by atoms with Crippen LogP contribution < -0.4 is 0 Å². The van der Waals surface area contributed by atoms with Crippen LogP contribution in [0.1, 0.15) is 12.5 Å². The number of halogens is 1. The number of ketones is 1. The second kappa shape index (κ2) is 6.26. The number of imide groups is 1. The van der Waals surface area contributed by atoms with Crippen LogP contribution in [0.25, 0.3) is 6.08 Å². The predicted molar refractivity (Wildman–Crippen MR) is 78.6 cm³/mol. The van der Waals surface area contributed by atoms with Crippen LogP contribution >= 0.6 is 0 Å². The highest BCUT2D eigenvalue weighted by Crippen LogP contribution is 2.14. The van der Waals surface area contributed by atoms with Crippen molar-refractivity contribution in [2.75, 3.05) is 6.54 Å². The molecule has 1 aromatic carbocycles. The summed E-state index contributed by atoms with van der Waals surface area (Å²) in [6.07, 6.45) is 3.94. The summed E-state index contributed by atoms with van der Waals surface area (Å²) in [6.45, 7) is 1.65. The Hall–Kier alpha value is -2.89. The number of hydrogen-bond acceptors (Lipinski definition) is 4. The summed E-state index contributed by atoms with van der Waals surface area (Å²) in [5.41, 5.74) is -0.723. The molecule has 0 bridgehead atoms. The number of carbonyl (C=O) groups is 3. The zero-order valence-electron chi connectivity index (χ0n) is 11.8. The van der Waals surface area contributed by atoms with Gasteiger partial charge in [-0.05, 0) is 19.1 Å². The normalized spacial score (nSPS) is 17.9. The molecule has 5 nitrogen and oxygen atoms in total. The number of likely N-dealkylation sites (tertiary alicyclic amines) is 1. The molecule has 0 aliphatic carbocycles. The van der Waals surface area contributed by atoms with Crippen molar-refractivity contribution in [3.8, 4) is 0 Å².